The molecule has 0 saturated heterocycles. The molecule has 2 aromatic carbocycles. The number of imidazole rings is 1. The normalized spacial score (nSPS) is 11.4. The van der Waals surface area contributed by atoms with Gasteiger partial charge in [-0.15, -0.1) is 5.10 Å². The summed E-state index contributed by atoms with van der Waals surface area (Å²) in [6, 6.07) is 18.8. The highest BCUT2D eigenvalue weighted by Gasteiger charge is 2.11. The van der Waals surface area contributed by atoms with E-state index in [9.17, 15) is 0 Å². The summed E-state index contributed by atoms with van der Waals surface area (Å²) in [5, 5.41) is 9.35. The van der Waals surface area contributed by atoms with Crippen LogP contribution in [0.3, 0.4) is 0 Å². The molecule has 5 heteroatoms. The SMILES string of the molecule is Cc1ccc2cc(-c3cnc4ccc(Nc5ccc(C)c(C)c5)nn34)[nH]c2c1. The van der Waals surface area contributed by atoms with Crippen LogP contribution in [0.5, 0.6) is 0 Å². The van der Waals surface area contributed by atoms with Crippen molar-refractivity contribution in [1.82, 2.24) is 19.6 Å². The van der Waals surface area contributed by atoms with E-state index in [1.54, 1.807) is 0 Å². The van der Waals surface area contributed by atoms with Gasteiger partial charge in [0.1, 0.15) is 5.69 Å². The second-order valence-electron chi connectivity index (χ2n) is 7.33. The van der Waals surface area contributed by atoms with Crippen LogP contribution in [0.25, 0.3) is 27.9 Å². The Bertz CT molecular complexity index is 1330. The highest BCUT2D eigenvalue weighted by molar-refractivity contribution is 5.86. The lowest BCUT2D eigenvalue weighted by Crippen LogP contribution is -2.00. The number of aryl methyl sites for hydroxylation is 3. The van der Waals surface area contributed by atoms with Crippen LogP contribution in [0.15, 0.2) is 60.8 Å². The lowest BCUT2D eigenvalue weighted by molar-refractivity contribution is 0.945. The number of fused-ring (bicyclic) bond motifs is 2. The third-order valence-corrected chi connectivity index (χ3v) is 5.20. The van der Waals surface area contributed by atoms with Gasteiger partial charge in [-0.25, -0.2) is 9.50 Å². The molecule has 0 unspecified atom stereocenters. The van der Waals surface area contributed by atoms with Gasteiger partial charge in [0.25, 0.3) is 0 Å². The number of anilines is 2. The third-order valence-electron chi connectivity index (χ3n) is 5.20. The van der Waals surface area contributed by atoms with Crippen LogP contribution in [0.1, 0.15) is 16.7 Å². The van der Waals surface area contributed by atoms with E-state index in [1.165, 1.54) is 22.1 Å². The molecule has 5 nitrogen and oxygen atoms in total. The molecule has 0 bridgehead atoms. The maximum atomic E-state index is 4.77. The summed E-state index contributed by atoms with van der Waals surface area (Å²) in [6.07, 6.45) is 1.86. The fourth-order valence-electron chi connectivity index (χ4n) is 3.47. The molecule has 0 saturated carbocycles. The highest BCUT2D eigenvalue weighted by atomic mass is 15.3. The molecular formula is C23H21N5. The van der Waals surface area contributed by atoms with E-state index in [0.717, 1.165) is 34.1 Å². The Morgan fingerprint density at radius 2 is 1.79 bits per heavy atom. The molecule has 2 N–H and O–H groups in total. The van der Waals surface area contributed by atoms with Crippen LogP contribution in [0.4, 0.5) is 11.5 Å². The van der Waals surface area contributed by atoms with Gasteiger partial charge in [-0.2, -0.15) is 0 Å². The molecule has 0 atom stereocenters. The maximum Gasteiger partial charge on any atom is 0.154 e. The average molecular weight is 367 g/mol. The summed E-state index contributed by atoms with van der Waals surface area (Å²) in [5.41, 5.74) is 8.67. The molecule has 0 aliphatic heterocycles. The van der Waals surface area contributed by atoms with Crippen LogP contribution < -0.4 is 5.32 Å². The number of hydrogen-bond acceptors (Lipinski definition) is 3. The molecule has 5 rings (SSSR count). The smallest absolute Gasteiger partial charge is 0.154 e. The Labute approximate surface area is 163 Å². The molecular weight excluding hydrogens is 346 g/mol. The van der Waals surface area contributed by atoms with Gasteiger partial charge in [0.15, 0.2) is 11.5 Å². The van der Waals surface area contributed by atoms with E-state index < -0.39 is 0 Å². The van der Waals surface area contributed by atoms with Crippen molar-refractivity contribution in [3.05, 3.63) is 77.5 Å². The Morgan fingerprint density at radius 1 is 0.893 bits per heavy atom. The zero-order valence-corrected chi connectivity index (χ0v) is 16.1. The molecule has 3 aromatic heterocycles. The fourth-order valence-corrected chi connectivity index (χ4v) is 3.47. The first kappa shape index (κ1) is 16.6. The predicted octanol–water partition coefficient (Wildman–Crippen LogP) is 5.55. The number of nitrogens with zero attached hydrogens (tertiary/aromatic N) is 3. The topological polar surface area (TPSA) is 58.0 Å². The minimum Gasteiger partial charge on any atom is -0.353 e. The van der Waals surface area contributed by atoms with Crippen molar-refractivity contribution >= 4 is 28.1 Å². The van der Waals surface area contributed by atoms with E-state index in [2.05, 4.69) is 78.5 Å². The number of benzene rings is 2. The number of rotatable bonds is 3. The third kappa shape index (κ3) is 2.81. The lowest BCUT2D eigenvalue weighted by atomic mass is 10.1. The molecule has 3 heterocycles. The second kappa shape index (κ2) is 6.23. The van der Waals surface area contributed by atoms with Crippen LogP contribution in [0.2, 0.25) is 0 Å². The molecule has 0 spiro atoms. The molecule has 0 radical (unpaired) electrons. The van der Waals surface area contributed by atoms with Gasteiger partial charge in [0, 0.05) is 16.6 Å². The first-order chi connectivity index (χ1) is 13.6. The average Bonchev–Trinajstić information content (AvgIpc) is 3.27. The van der Waals surface area contributed by atoms with Crippen LogP contribution in [-0.2, 0) is 0 Å². The summed E-state index contributed by atoms with van der Waals surface area (Å²) in [7, 11) is 0. The minimum absolute atomic E-state index is 0.780. The number of aromatic amines is 1. The first-order valence-electron chi connectivity index (χ1n) is 9.36. The van der Waals surface area contributed by atoms with Gasteiger partial charge in [0.05, 0.1) is 11.9 Å². The molecule has 0 fully saturated rings. The van der Waals surface area contributed by atoms with Gasteiger partial charge >= 0.3 is 0 Å². The van der Waals surface area contributed by atoms with E-state index >= 15 is 0 Å². The summed E-state index contributed by atoms with van der Waals surface area (Å²) < 4.78 is 1.88. The van der Waals surface area contributed by atoms with Crippen molar-refractivity contribution in [1.29, 1.82) is 0 Å². The first-order valence-corrected chi connectivity index (χ1v) is 9.36. The molecule has 5 aromatic rings. The molecule has 138 valence electrons. The van der Waals surface area contributed by atoms with E-state index in [4.69, 9.17) is 5.10 Å². The number of hydrogen-bond donors (Lipinski definition) is 2. The Balaban J connectivity index is 1.56. The zero-order chi connectivity index (χ0) is 19.3. The zero-order valence-electron chi connectivity index (χ0n) is 16.1. The van der Waals surface area contributed by atoms with E-state index in [0.29, 0.717) is 0 Å². The monoisotopic (exact) mass is 367 g/mol. The number of H-pyrrole nitrogens is 1. The molecule has 0 aliphatic carbocycles. The standard InChI is InChI=1S/C23H21N5/c1-14-4-6-17-12-20(26-19(17)10-14)21-13-24-23-9-8-22(27-28(21)23)25-18-7-5-15(2)16(3)11-18/h4-13,26H,1-3H3,(H,25,27). The molecule has 28 heavy (non-hydrogen) atoms. The van der Waals surface area contributed by atoms with Gasteiger partial charge in [0.2, 0.25) is 0 Å². The Hall–Kier alpha value is -3.60. The van der Waals surface area contributed by atoms with E-state index in [1.807, 2.05) is 22.8 Å². The maximum absolute atomic E-state index is 4.77. The van der Waals surface area contributed by atoms with Crippen LogP contribution in [-0.4, -0.2) is 19.6 Å². The lowest BCUT2D eigenvalue weighted by Gasteiger charge is -2.09. The Kier molecular flexibility index (Phi) is 3.69. The minimum atomic E-state index is 0.780. The van der Waals surface area contributed by atoms with Crippen LogP contribution >= 0.6 is 0 Å². The van der Waals surface area contributed by atoms with Crippen molar-refractivity contribution < 1.29 is 0 Å². The molecule has 0 aliphatic rings. The van der Waals surface area contributed by atoms with Crippen molar-refractivity contribution in [3.8, 4) is 11.4 Å². The van der Waals surface area contributed by atoms with Crippen molar-refractivity contribution in [3.63, 3.8) is 0 Å². The Morgan fingerprint density at radius 3 is 2.64 bits per heavy atom. The van der Waals surface area contributed by atoms with Gasteiger partial charge < -0.3 is 10.3 Å². The predicted molar refractivity (Wildman–Crippen MR) is 114 cm³/mol. The fraction of sp³-hybridized carbons (Fsp3) is 0.130. The van der Waals surface area contributed by atoms with Gasteiger partial charge in [-0.3, -0.25) is 0 Å². The summed E-state index contributed by atoms with van der Waals surface area (Å²) in [5.74, 6) is 0.780. The van der Waals surface area contributed by atoms with Crippen LogP contribution in [0, 0.1) is 20.8 Å². The quantitative estimate of drug-likeness (QED) is 0.440. The second-order valence-corrected chi connectivity index (χ2v) is 7.33. The summed E-state index contributed by atoms with van der Waals surface area (Å²) >= 11 is 0. The van der Waals surface area contributed by atoms with Crippen molar-refractivity contribution in [2.24, 2.45) is 0 Å². The van der Waals surface area contributed by atoms with Crippen molar-refractivity contribution in [2.45, 2.75) is 20.8 Å². The molecule has 0 amide bonds. The largest absolute Gasteiger partial charge is 0.353 e. The number of aromatic nitrogens is 4. The summed E-state index contributed by atoms with van der Waals surface area (Å²) in [6.45, 7) is 6.33. The van der Waals surface area contributed by atoms with Crippen molar-refractivity contribution in [2.75, 3.05) is 5.32 Å². The van der Waals surface area contributed by atoms with Gasteiger partial charge in [-0.05, 0) is 73.9 Å². The van der Waals surface area contributed by atoms with Gasteiger partial charge in [-0.1, -0.05) is 18.2 Å². The summed E-state index contributed by atoms with van der Waals surface area (Å²) in [4.78, 5) is 8.00. The van der Waals surface area contributed by atoms with E-state index in [-0.39, 0.29) is 0 Å². The highest BCUT2D eigenvalue weighted by Crippen LogP contribution is 2.26. The number of nitrogens with one attached hydrogen (secondary N) is 2.